The Kier molecular flexibility index (Phi) is 7.03. The fraction of sp³-hybridized carbons (Fsp3) is 0.286. The maximum absolute atomic E-state index is 12.0. The molecule has 0 aliphatic rings. The normalized spacial score (nSPS) is 9.57. The van der Waals surface area contributed by atoms with Crippen molar-refractivity contribution in [3.8, 4) is 12.3 Å². The lowest BCUT2D eigenvalue weighted by Gasteiger charge is -2.11. The highest BCUT2D eigenvalue weighted by Crippen LogP contribution is 2.22. The Morgan fingerprint density at radius 3 is 2.78 bits per heavy atom. The van der Waals surface area contributed by atoms with Crippen LogP contribution in [0.4, 0.5) is 11.4 Å². The largest absolute Gasteiger partial charge is 0.452 e. The topological polar surface area (TPSA) is 131 Å². The van der Waals surface area contributed by atoms with Gasteiger partial charge in [0.15, 0.2) is 6.61 Å². The third kappa shape index (κ3) is 5.64. The number of nitrogens with one attached hydrogen (secondary N) is 2. The van der Waals surface area contributed by atoms with Crippen LogP contribution < -0.4 is 10.6 Å². The van der Waals surface area contributed by atoms with Crippen molar-refractivity contribution in [2.24, 2.45) is 0 Å². The van der Waals surface area contributed by atoms with E-state index < -0.39 is 23.4 Å². The van der Waals surface area contributed by atoms with Crippen LogP contribution in [-0.4, -0.2) is 48.2 Å². The third-order valence-electron chi connectivity index (χ3n) is 2.58. The summed E-state index contributed by atoms with van der Waals surface area (Å²) in [6, 6.07) is 3.56. The Morgan fingerprint density at radius 1 is 1.43 bits per heavy atom. The molecular weight excluding hydrogens is 306 g/mol. The minimum atomic E-state index is -0.912. The molecule has 122 valence electrons. The predicted octanol–water partition coefficient (Wildman–Crippen LogP) is -0.0948. The van der Waals surface area contributed by atoms with Gasteiger partial charge < -0.3 is 20.5 Å². The number of nitro benzene ring substituents is 1. The molecule has 1 aromatic carbocycles. The van der Waals surface area contributed by atoms with E-state index in [2.05, 4.69) is 16.6 Å². The van der Waals surface area contributed by atoms with Crippen molar-refractivity contribution in [2.45, 2.75) is 0 Å². The lowest BCUT2D eigenvalue weighted by atomic mass is 10.1. The molecule has 0 fully saturated rings. The summed E-state index contributed by atoms with van der Waals surface area (Å²) in [5, 5.41) is 24.6. The Hall–Kier alpha value is -3.12. The summed E-state index contributed by atoms with van der Waals surface area (Å²) < 4.78 is 4.80. The van der Waals surface area contributed by atoms with Crippen LogP contribution in [0, 0.1) is 22.5 Å². The van der Waals surface area contributed by atoms with Gasteiger partial charge in [-0.3, -0.25) is 14.9 Å². The van der Waals surface area contributed by atoms with Gasteiger partial charge in [0.05, 0.1) is 23.6 Å². The lowest BCUT2D eigenvalue weighted by molar-refractivity contribution is -0.384. The van der Waals surface area contributed by atoms with Crippen molar-refractivity contribution in [3.63, 3.8) is 0 Å². The molecular formula is C14H15N3O6. The molecule has 0 spiro atoms. The van der Waals surface area contributed by atoms with Crippen molar-refractivity contribution in [1.82, 2.24) is 5.32 Å². The van der Waals surface area contributed by atoms with Crippen molar-refractivity contribution in [3.05, 3.63) is 33.9 Å². The monoisotopic (exact) mass is 321 g/mol. The Morgan fingerprint density at radius 2 is 2.17 bits per heavy atom. The second-order valence-electron chi connectivity index (χ2n) is 4.19. The number of esters is 1. The molecule has 0 atom stereocenters. The number of anilines is 1. The van der Waals surface area contributed by atoms with E-state index in [9.17, 15) is 19.7 Å². The number of aliphatic hydroxyl groups excluding tert-OH is 1. The summed E-state index contributed by atoms with van der Waals surface area (Å²) in [6.45, 7) is -0.625. The number of hydrogen-bond acceptors (Lipinski definition) is 7. The number of hydrogen-bond donors (Lipinski definition) is 3. The highest BCUT2D eigenvalue weighted by atomic mass is 16.6. The SMILES string of the molecule is C#CCNC(=O)COC(=O)c1cc([N+](=O)[O-])ccc1NCCO. The molecule has 3 N–H and O–H groups in total. The zero-order chi connectivity index (χ0) is 17.2. The minimum absolute atomic E-state index is 0.00347. The van der Waals surface area contributed by atoms with Gasteiger partial charge in [-0.1, -0.05) is 5.92 Å². The van der Waals surface area contributed by atoms with E-state index in [0.717, 1.165) is 6.07 Å². The van der Waals surface area contributed by atoms with Gasteiger partial charge in [0.2, 0.25) is 0 Å². The van der Waals surface area contributed by atoms with E-state index in [1.165, 1.54) is 12.1 Å². The summed E-state index contributed by atoms with van der Waals surface area (Å²) in [7, 11) is 0. The second-order valence-corrected chi connectivity index (χ2v) is 4.19. The first-order chi connectivity index (χ1) is 11.0. The molecule has 0 bridgehead atoms. The number of amides is 1. The lowest BCUT2D eigenvalue weighted by Crippen LogP contribution is -2.29. The fourth-order valence-corrected chi connectivity index (χ4v) is 1.57. The van der Waals surface area contributed by atoms with Crippen LogP contribution in [0.3, 0.4) is 0 Å². The van der Waals surface area contributed by atoms with Gasteiger partial charge in [0.1, 0.15) is 0 Å². The van der Waals surface area contributed by atoms with Gasteiger partial charge in [0.25, 0.3) is 11.6 Å². The molecule has 23 heavy (non-hydrogen) atoms. The van der Waals surface area contributed by atoms with Crippen LogP contribution >= 0.6 is 0 Å². The van der Waals surface area contributed by atoms with E-state index >= 15 is 0 Å². The van der Waals surface area contributed by atoms with Gasteiger partial charge in [-0.25, -0.2) is 4.79 Å². The van der Waals surface area contributed by atoms with Gasteiger partial charge in [-0.15, -0.1) is 6.42 Å². The molecule has 0 saturated carbocycles. The Labute approximate surface area is 131 Å². The first kappa shape index (κ1) is 17.9. The van der Waals surface area contributed by atoms with Crippen LogP contribution in [0.25, 0.3) is 0 Å². The molecule has 1 aromatic rings. The summed E-state index contributed by atoms with van der Waals surface area (Å²) >= 11 is 0. The van der Waals surface area contributed by atoms with Gasteiger partial charge in [-0.2, -0.15) is 0 Å². The second kappa shape index (κ2) is 9.01. The van der Waals surface area contributed by atoms with Gasteiger partial charge in [0, 0.05) is 24.4 Å². The standard InChI is InChI=1S/C14H15N3O6/c1-2-5-16-13(19)9-23-14(20)11-8-10(17(21)22)3-4-12(11)15-6-7-18/h1,3-4,8,15,18H,5-7,9H2,(H,16,19). The average Bonchev–Trinajstić information content (AvgIpc) is 2.55. The van der Waals surface area contributed by atoms with E-state index in [-0.39, 0.29) is 36.6 Å². The summed E-state index contributed by atoms with van der Waals surface area (Å²) in [5.41, 5.74) is -0.167. The fourth-order valence-electron chi connectivity index (χ4n) is 1.57. The number of non-ortho nitro benzene ring substituents is 1. The number of nitrogens with zero attached hydrogens (tertiary/aromatic N) is 1. The van der Waals surface area contributed by atoms with Crippen molar-refractivity contribution >= 4 is 23.3 Å². The highest BCUT2D eigenvalue weighted by Gasteiger charge is 2.18. The summed E-state index contributed by atoms with van der Waals surface area (Å²) in [6.07, 6.45) is 4.97. The van der Waals surface area contributed by atoms with Crippen molar-refractivity contribution < 1.29 is 24.4 Å². The van der Waals surface area contributed by atoms with Crippen molar-refractivity contribution in [1.29, 1.82) is 0 Å². The maximum atomic E-state index is 12.0. The number of carbonyl (C=O) groups is 2. The molecule has 0 aromatic heterocycles. The van der Waals surface area contributed by atoms with Crippen LogP contribution in [0.2, 0.25) is 0 Å². The number of rotatable bonds is 8. The molecule has 0 heterocycles. The molecule has 0 saturated heterocycles. The van der Waals surface area contributed by atoms with Gasteiger partial charge >= 0.3 is 5.97 Å². The van der Waals surface area contributed by atoms with Crippen LogP contribution in [0.15, 0.2) is 18.2 Å². The quantitative estimate of drug-likeness (QED) is 0.264. The number of carbonyl (C=O) groups excluding carboxylic acids is 2. The smallest absolute Gasteiger partial charge is 0.341 e. The van der Waals surface area contributed by atoms with Gasteiger partial charge in [-0.05, 0) is 6.07 Å². The van der Waals surface area contributed by atoms with E-state index in [1.807, 2.05) is 0 Å². The zero-order valence-corrected chi connectivity index (χ0v) is 12.1. The van der Waals surface area contributed by atoms with Crippen LogP contribution in [0.1, 0.15) is 10.4 Å². The number of ether oxygens (including phenoxy) is 1. The molecule has 0 aliphatic carbocycles. The zero-order valence-electron chi connectivity index (χ0n) is 12.1. The first-order valence-corrected chi connectivity index (χ1v) is 6.50. The molecule has 9 nitrogen and oxygen atoms in total. The molecule has 0 aliphatic heterocycles. The third-order valence-corrected chi connectivity index (χ3v) is 2.58. The number of nitro groups is 1. The molecule has 1 amide bonds. The van der Waals surface area contributed by atoms with E-state index in [0.29, 0.717) is 0 Å². The number of benzene rings is 1. The molecule has 1 rings (SSSR count). The molecule has 0 unspecified atom stereocenters. The average molecular weight is 321 g/mol. The van der Waals surface area contributed by atoms with E-state index in [1.54, 1.807) is 0 Å². The maximum Gasteiger partial charge on any atom is 0.341 e. The predicted molar refractivity (Wildman–Crippen MR) is 80.8 cm³/mol. The minimum Gasteiger partial charge on any atom is -0.452 e. The van der Waals surface area contributed by atoms with Crippen LogP contribution in [-0.2, 0) is 9.53 Å². The van der Waals surface area contributed by atoms with E-state index in [4.69, 9.17) is 16.3 Å². The molecule has 0 radical (unpaired) electrons. The first-order valence-electron chi connectivity index (χ1n) is 6.50. The Balaban J connectivity index is 2.87. The number of aliphatic hydroxyl groups is 1. The molecule has 9 heteroatoms. The van der Waals surface area contributed by atoms with Crippen LogP contribution in [0.5, 0.6) is 0 Å². The Bertz CT molecular complexity index is 638. The van der Waals surface area contributed by atoms with Crippen molar-refractivity contribution in [2.75, 3.05) is 31.6 Å². The summed E-state index contributed by atoms with van der Waals surface area (Å²) in [4.78, 5) is 33.5. The highest BCUT2D eigenvalue weighted by molar-refractivity contribution is 5.97. The number of terminal acetylenes is 1. The summed E-state index contributed by atoms with van der Waals surface area (Å²) in [5.74, 6) is 0.686.